The van der Waals surface area contributed by atoms with Crippen molar-refractivity contribution in [2.24, 2.45) is 5.92 Å². The summed E-state index contributed by atoms with van der Waals surface area (Å²) in [4.78, 5) is 11.7. The number of aromatic hydroxyl groups is 1. The molecule has 1 aromatic rings. The fourth-order valence-electron chi connectivity index (χ4n) is 1.82. The van der Waals surface area contributed by atoms with Crippen molar-refractivity contribution in [1.29, 1.82) is 0 Å². The van der Waals surface area contributed by atoms with Gasteiger partial charge in [0.25, 0.3) is 0 Å². The lowest BCUT2D eigenvalue weighted by molar-refractivity contribution is -0.110. The molecule has 20 heavy (non-hydrogen) atoms. The molecule has 0 aliphatic heterocycles. The highest BCUT2D eigenvalue weighted by Gasteiger charge is 2.01. The molecular formula is C17H16O3. The number of rotatable bonds is 5. The largest absolute Gasteiger partial charge is 0.504 e. The van der Waals surface area contributed by atoms with Crippen molar-refractivity contribution >= 4 is 11.9 Å². The van der Waals surface area contributed by atoms with Crippen LogP contribution in [0.3, 0.4) is 0 Å². The molecule has 1 aliphatic carbocycles. The SMILES string of the molecule is COc1cc(C=CC(=O)C=CC2C=CC=C2)ccc1O. The molecule has 1 aromatic carbocycles. The van der Waals surface area contributed by atoms with Gasteiger partial charge in [0.05, 0.1) is 7.11 Å². The van der Waals surface area contributed by atoms with Crippen molar-refractivity contribution in [3.63, 3.8) is 0 Å². The molecule has 0 aromatic heterocycles. The van der Waals surface area contributed by atoms with Crippen molar-refractivity contribution < 1.29 is 14.6 Å². The molecule has 0 atom stereocenters. The predicted octanol–water partition coefficient (Wildman–Crippen LogP) is 3.28. The summed E-state index contributed by atoms with van der Waals surface area (Å²) in [6.07, 6.45) is 14.5. The molecule has 0 amide bonds. The highest BCUT2D eigenvalue weighted by Crippen LogP contribution is 2.26. The molecule has 3 nitrogen and oxygen atoms in total. The Bertz CT molecular complexity index is 595. The lowest BCUT2D eigenvalue weighted by Crippen LogP contribution is -1.89. The van der Waals surface area contributed by atoms with Crippen molar-refractivity contribution in [3.8, 4) is 11.5 Å². The lowest BCUT2D eigenvalue weighted by Gasteiger charge is -2.03. The molecule has 0 bridgehead atoms. The van der Waals surface area contributed by atoms with E-state index in [4.69, 9.17) is 4.74 Å². The van der Waals surface area contributed by atoms with Gasteiger partial charge in [0.2, 0.25) is 0 Å². The number of ether oxygens (including phenoxy) is 1. The second-order valence-electron chi connectivity index (χ2n) is 4.37. The van der Waals surface area contributed by atoms with Gasteiger partial charge in [0, 0.05) is 5.92 Å². The van der Waals surface area contributed by atoms with Crippen LogP contribution in [-0.4, -0.2) is 18.0 Å². The van der Waals surface area contributed by atoms with Crippen LogP contribution in [0.4, 0.5) is 0 Å². The van der Waals surface area contributed by atoms with E-state index in [0.717, 1.165) is 5.56 Å². The van der Waals surface area contributed by atoms with Gasteiger partial charge in [0.15, 0.2) is 17.3 Å². The molecule has 0 spiro atoms. The summed E-state index contributed by atoms with van der Waals surface area (Å²) in [7, 11) is 1.49. The Balaban J connectivity index is 1.99. The van der Waals surface area contributed by atoms with Crippen LogP contribution in [0.5, 0.6) is 11.5 Å². The summed E-state index contributed by atoms with van der Waals surface area (Å²) in [6, 6.07) is 4.92. The Morgan fingerprint density at radius 3 is 2.70 bits per heavy atom. The summed E-state index contributed by atoms with van der Waals surface area (Å²) in [5.41, 5.74) is 0.794. The van der Waals surface area contributed by atoms with Crippen LogP contribution in [-0.2, 0) is 4.79 Å². The molecule has 1 aliphatic rings. The topological polar surface area (TPSA) is 46.5 Å². The highest BCUT2D eigenvalue weighted by molar-refractivity contribution is 6.02. The van der Waals surface area contributed by atoms with Crippen LogP contribution >= 0.6 is 0 Å². The van der Waals surface area contributed by atoms with E-state index in [-0.39, 0.29) is 17.5 Å². The van der Waals surface area contributed by atoms with Gasteiger partial charge in [-0.25, -0.2) is 0 Å². The third-order valence-electron chi connectivity index (χ3n) is 2.90. The van der Waals surface area contributed by atoms with Gasteiger partial charge in [-0.3, -0.25) is 4.79 Å². The zero-order chi connectivity index (χ0) is 14.4. The Labute approximate surface area is 118 Å². The van der Waals surface area contributed by atoms with Gasteiger partial charge in [-0.15, -0.1) is 0 Å². The van der Waals surface area contributed by atoms with E-state index in [1.165, 1.54) is 19.3 Å². The number of hydrogen-bond donors (Lipinski definition) is 1. The van der Waals surface area contributed by atoms with Crippen molar-refractivity contribution in [3.05, 3.63) is 66.3 Å². The van der Waals surface area contributed by atoms with Gasteiger partial charge >= 0.3 is 0 Å². The molecule has 0 heterocycles. The number of benzene rings is 1. The third-order valence-corrected chi connectivity index (χ3v) is 2.90. The molecule has 0 radical (unpaired) electrons. The summed E-state index contributed by atoms with van der Waals surface area (Å²) in [6.45, 7) is 0. The second-order valence-corrected chi connectivity index (χ2v) is 4.37. The van der Waals surface area contributed by atoms with E-state index in [1.54, 1.807) is 24.3 Å². The molecule has 102 valence electrons. The van der Waals surface area contributed by atoms with Gasteiger partial charge in [-0.2, -0.15) is 0 Å². The fourth-order valence-corrected chi connectivity index (χ4v) is 1.82. The first-order valence-electron chi connectivity index (χ1n) is 6.31. The van der Waals surface area contributed by atoms with Crippen LogP contribution < -0.4 is 4.74 Å². The highest BCUT2D eigenvalue weighted by atomic mass is 16.5. The third kappa shape index (κ3) is 3.72. The van der Waals surface area contributed by atoms with Crippen molar-refractivity contribution in [2.75, 3.05) is 7.11 Å². The van der Waals surface area contributed by atoms with Crippen molar-refractivity contribution in [2.45, 2.75) is 0 Å². The van der Waals surface area contributed by atoms with Crippen LogP contribution in [0.25, 0.3) is 6.08 Å². The van der Waals surface area contributed by atoms with E-state index in [2.05, 4.69) is 0 Å². The minimum Gasteiger partial charge on any atom is -0.504 e. The number of phenols is 1. The lowest BCUT2D eigenvalue weighted by atomic mass is 10.1. The maximum Gasteiger partial charge on any atom is 0.178 e. The Morgan fingerprint density at radius 1 is 1.25 bits per heavy atom. The van der Waals surface area contributed by atoms with E-state index in [0.29, 0.717) is 5.75 Å². The number of methoxy groups -OCH3 is 1. The zero-order valence-corrected chi connectivity index (χ0v) is 11.2. The van der Waals surface area contributed by atoms with E-state index in [1.807, 2.05) is 30.4 Å². The van der Waals surface area contributed by atoms with E-state index < -0.39 is 0 Å². The van der Waals surface area contributed by atoms with E-state index >= 15 is 0 Å². The fraction of sp³-hybridized carbons (Fsp3) is 0.118. The minimum atomic E-state index is -0.0780. The number of carbonyl (C=O) groups is 1. The summed E-state index contributed by atoms with van der Waals surface area (Å²) >= 11 is 0. The van der Waals surface area contributed by atoms with Crippen LogP contribution in [0.1, 0.15) is 5.56 Å². The smallest absolute Gasteiger partial charge is 0.178 e. The quantitative estimate of drug-likeness (QED) is 0.834. The maximum absolute atomic E-state index is 11.7. The predicted molar refractivity (Wildman–Crippen MR) is 79.6 cm³/mol. The Hall–Kier alpha value is -2.55. The molecule has 0 saturated carbocycles. The number of phenolic OH excluding ortho intramolecular Hbond substituents is 1. The molecule has 0 fully saturated rings. The van der Waals surface area contributed by atoms with Crippen molar-refractivity contribution in [1.82, 2.24) is 0 Å². The molecule has 2 rings (SSSR count). The van der Waals surface area contributed by atoms with Crippen LogP contribution in [0.2, 0.25) is 0 Å². The maximum atomic E-state index is 11.7. The average Bonchev–Trinajstić information content (AvgIpc) is 2.97. The van der Waals surface area contributed by atoms with E-state index in [9.17, 15) is 9.90 Å². The standard InChI is InChI=1S/C17H16O3/c1-20-17-12-14(8-11-16(17)19)7-10-15(18)9-6-13-4-2-3-5-13/h2-13,19H,1H3. The summed E-state index contributed by atoms with van der Waals surface area (Å²) < 4.78 is 5.01. The Kier molecular flexibility index (Phi) is 4.56. The summed E-state index contributed by atoms with van der Waals surface area (Å²) in [5, 5.41) is 9.48. The van der Waals surface area contributed by atoms with Crippen LogP contribution in [0, 0.1) is 5.92 Å². The first kappa shape index (κ1) is 13.9. The normalized spacial score (nSPS) is 14.7. The molecule has 0 unspecified atom stereocenters. The van der Waals surface area contributed by atoms with Gasteiger partial charge in [-0.05, 0) is 29.8 Å². The molecule has 0 saturated heterocycles. The molecule has 1 N–H and O–H groups in total. The number of ketones is 1. The number of carbonyl (C=O) groups excluding carboxylic acids is 1. The minimum absolute atomic E-state index is 0.0780. The molecule has 3 heteroatoms. The first-order chi connectivity index (χ1) is 9.69. The Morgan fingerprint density at radius 2 is 2.00 bits per heavy atom. The average molecular weight is 268 g/mol. The monoisotopic (exact) mass is 268 g/mol. The second kappa shape index (κ2) is 6.57. The van der Waals surface area contributed by atoms with Gasteiger partial charge in [0.1, 0.15) is 0 Å². The summed E-state index contributed by atoms with van der Waals surface area (Å²) in [5.74, 6) is 0.596. The zero-order valence-electron chi connectivity index (χ0n) is 11.2. The number of hydrogen-bond acceptors (Lipinski definition) is 3. The van der Waals surface area contributed by atoms with Gasteiger partial charge in [-0.1, -0.05) is 42.5 Å². The first-order valence-corrected chi connectivity index (χ1v) is 6.31. The van der Waals surface area contributed by atoms with Gasteiger partial charge < -0.3 is 9.84 Å². The molecular weight excluding hydrogens is 252 g/mol. The number of allylic oxidation sites excluding steroid dienone is 7. The van der Waals surface area contributed by atoms with Crippen LogP contribution in [0.15, 0.2) is 60.7 Å².